The second-order valence-electron chi connectivity index (χ2n) is 6.89. The highest BCUT2D eigenvalue weighted by atomic mass is 16.1. The molecular weight excluding hydrogens is 322 g/mol. The number of hydrogen-bond acceptors (Lipinski definition) is 3. The third-order valence-corrected chi connectivity index (χ3v) is 4.32. The number of hydrogen-bond donors (Lipinski definition) is 2. The van der Waals surface area contributed by atoms with Gasteiger partial charge in [-0.2, -0.15) is 0 Å². The van der Waals surface area contributed by atoms with Crippen LogP contribution in [0.5, 0.6) is 0 Å². The quantitative estimate of drug-likeness (QED) is 0.754. The molecule has 2 N–H and O–H groups in total. The van der Waals surface area contributed by atoms with Crippen LogP contribution >= 0.6 is 0 Å². The lowest BCUT2D eigenvalue weighted by atomic mass is 9.98. The molecule has 0 aliphatic carbocycles. The van der Waals surface area contributed by atoms with Crippen molar-refractivity contribution < 1.29 is 4.79 Å². The van der Waals surface area contributed by atoms with Crippen molar-refractivity contribution in [2.75, 3.05) is 19.4 Å². The first-order valence-electron chi connectivity index (χ1n) is 9.41. The van der Waals surface area contributed by atoms with Crippen LogP contribution in [-0.4, -0.2) is 24.9 Å². The molecule has 0 aromatic heterocycles. The van der Waals surface area contributed by atoms with Gasteiger partial charge in [-0.25, -0.2) is 0 Å². The Labute approximate surface area is 157 Å². The lowest BCUT2D eigenvalue weighted by Crippen LogP contribution is -2.13. The monoisotopic (exact) mass is 353 g/mol. The SMILES string of the molecule is CCC1=C\CC/C=C/N/C=C\1CCC(=O)Nc1cccc(CN(C)C)c1. The number of nitrogens with one attached hydrogen (secondary N) is 2. The molecule has 0 fully saturated rings. The van der Waals surface area contributed by atoms with Gasteiger partial charge in [0, 0.05) is 24.9 Å². The minimum atomic E-state index is 0.0544. The van der Waals surface area contributed by atoms with Crippen LogP contribution in [0, 0.1) is 0 Å². The van der Waals surface area contributed by atoms with Gasteiger partial charge in [0.05, 0.1) is 0 Å². The van der Waals surface area contributed by atoms with E-state index in [9.17, 15) is 4.79 Å². The van der Waals surface area contributed by atoms with E-state index in [0.717, 1.165) is 37.9 Å². The number of carbonyl (C=O) groups is 1. The maximum atomic E-state index is 12.4. The molecule has 1 aliphatic rings. The van der Waals surface area contributed by atoms with Crippen molar-refractivity contribution >= 4 is 11.6 Å². The topological polar surface area (TPSA) is 44.4 Å². The molecule has 1 aromatic rings. The maximum Gasteiger partial charge on any atom is 0.224 e. The van der Waals surface area contributed by atoms with Crippen molar-refractivity contribution in [2.45, 2.75) is 45.6 Å². The van der Waals surface area contributed by atoms with Crippen LogP contribution in [0.1, 0.15) is 44.6 Å². The number of rotatable bonds is 7. The van der Waals surface area contributed by atoms with E-state index < -0.39 is 0 Å². The molecule has 4 heteroatoms. The number of anilines is 1. The van der Waals surface area contributed by atoms with Crippen molar-refractivity contribution in [1.29, 1.82) is 0 Å². The zero-order chi connectivity index (χ0) is 18.8. The van der Waals surface area contributed by atoms with E-state index in [0.29, 0.717) is 6.42 Å². The summed E-state index contributed by atoms with van der Waals surface area (Å²) in [5, 5.41) is 6.25. The Morgan fingerprint density at radius 1 is 1.23 bits per heavy atom. The summed E-state index contributed by atoms with van der Waals surface area (Å²) in [7, 11) is 4.08. The molecule has 0 saturated carbocycles. The van der Waals surface area contributed by atoms with Gasteiger partial charge in [0.1, 0.15) is 0 Å². The standard InChI is InChI=1S/C22H31N3O/c1-4-19-10-6-5-7-14-23-16-20(19)12-13-22(26)24-21-11-8-9-18(15-21)17-25(2)3/h7-11,14-16,23H,4-6,12-13,17H2,1-3H3,(H,24,26)/b14-7+,19-10+,20-16-. The van der Waals surface area contributed by atoms with Crippen LogP contribution in [0.2, 0.25) is 0 Å². The smallest absolute Gasteiger partial charge is 0.224 e. The Hall–Kier alpha value is -2.33. The Bertz CT molecular complexity index is 686. The summed E-state index contributed by atoms with van der Waals surface area (Å²) in [6.45, 7) is 3.03. The predicted octanol–water partition coefficient (Wildman–Crippen LogP) is 4.58. The van der Waals surface area contributed by atoms with Crippen LogP contribution in [0.25, 0.3) is 0 Å². The zero-order valence-electron chi connectivity index (χ0n) is 16.2. The first-order chi connectivity index (χ1) is 12.6. The lowest BCUT2D eigenvalue weighted by molar-refractivity contribution is -0.116. The third-order valence-electron chi connectivity index (χ3n) is 4.32. The third kappa shape index (κ3) is 6.89. The van der Waals surface area contributed by atoms with Gasteiger partial charge in [-0.3, -0.25) is 4.79 Å². The summed E-state index contributed by atoms with van der Waals surface area (Å²) in [4.78, 5) is 14.5. The number of allylic oxidation sites excluding steroid dienone is 4. The minimum Gasteiger partial charge on any atom is -0.368 e. The number of carbonyl (C=O) groups excluding carboxylic acids is 1. The Morgan fingerprint density at radius 3 is 2.85 bits per heavy atom. The Kier molecular flexibility index (Phi) is 8.16. The maximum absolute atomic E-state index is 12.4. The van der Waals surface area contributed by atoms with Gasteiger partial charge in [-0.1, -0.05) is 31.2 Å². The molecule has 0 spiro atoms. The fourth-order valence-electron chi connectivity index (χ4n) is 3.07. The number of benzene rings is 1. The van der Waals surface area contributed by atoms with E-state index in [2.05, 4.69) is 40.7 Å². The van der Waals surface area contributed by atoms with E-state index in [1.165, 1.54) is 16.7 Å². The summed E-state index contributed by atoms with van der Waals surface area (Å²) in [5.74, 6) is 0.0544. The minimum absolute atomic E-state index is 0.0544. The van der Waals surface area contributed by atoms with Crippen molar-refractivity contribution in [3.63, 3.8) is 0 Å². The highest BCUT2D eigenvalue weighted by molar-refractivity contribution is 5.90. The van der Waals surface area contributed by atoms with Gasteiger partial charge < -0.3 is 15.5 Å². The zero-order valence-corrected chi connectivity index (χ0v) is 16.2. The highest BCUT2D eigenvalue weighted by Gasteiger charge is 2.09. The largest absolute Gasteiger partial charge is 0.368 e. The van der Waals surface area contributed by atoms with E-state index >= 15 is 0 Å². The summed E-state index contributed by atoms with van der Waals surface area (Å²) in [5.41, 5.74) is 4.61. The number of nitrogens with zero attached hydrogens (tertiary/aromatic N) is 1. The number of amides is 1. The molecule has 0 saturated heterocycles. The summed E-state index contributed by atoms with van der Waals surface area (Å²) >= 11 is 0. The van der Waals surface area contributed by atoms with E-state index in [1.54, 1.807) is 0 Å². The van der Waals surface area contributed by atoms with Gasteiger partial charge in [0.2, 0.25) is 5.91 Å². The molecule has 1 amide bonds. The van der Waals surface area contributed by atoms with Crippen LogP contribution in [0.15, 0.2) is 60.0 Å². The fraction of sp³-hybridized carbons (Fsp3) is 0.409. The Balaban J connectivity index is 1.94. The van der Waals surface area contributed by atoms with Gasteiger partial charge in [0.25, 0.3) is 0 Å². The van der Waals surface area contributed by atoms with E-state index in [1.807, 2.05) is 44.7 Å². The molecule has 0 atom stereocenters. The first kappa shape index (κ1) is 20.0. The predicted molar refractivity (Wildman–Crippen MR) is 110 cm³/mol. The molecule has 26 heavy (non-hydrogen) atoms. The molecule has 0 unspecified atom stereocenters. The van der Waals surface area contributed by atoms with Gasteiger partial charge in [0.15, 0.2) is 0 Å². The van der Waals surface area contributed by atoms with Crippen LogP contribution in [0.3, 0.4) is 0 Å². The fourth-order valence-corrected chi connectivity index (χ4v) is 3.07. The summed E-state index contributed by atoms with van der Waals surface area (Å²) < 4.78 is 0. The van der Waals surface area contributed by atoms with Crippen LogP contribution < -0.4 is 10.6 Å². The molecule has 0 bridgehead atoms. The van der Waals surface area contributed by atoms with Gasteiger partial charge >= 0.3 is 0 Å². The summed E-state index contributed by atoms with van der Waals surface area (Å²) in [6, 6.07) is 8.06. The molecule has 1 heterocycles. The van der Waals surface area contributed by atoms with Crippen LogP contribution in [-0.2, 0) is 11.3 Å². The van der Waals surface area contributed by atoms with Crippen molar-refractivity contribution in [3.05, 3.63) is 65.5 Å². The van der Waals surface area contributed by atoms with E-state index in [4.69, 9.17) is 0 Å². The lowest BCUT2D eigenvalue weighted by Gasteiger charge is -2.13. The normalized spacial score (nSPS) is 19.8. The average molecular weight is 354 g/mol. The molecule has 4 nitrogen and oxygen atoms in total. The second kappa shape index (κ2) is 10.6. The Morgan fingerprint density at radius 2 is 2.08 bits per heavy atom. The first-order valence-corrected chi connectivity index (χ1v) is 9.41. The van der Waals surface area contributed by atoms with Crippen molar-refractivity contribution in [1.82, 2.24) is 10.2 Å². The molecule has 1 aromatic carbocycles. The van der Waals surface area contributed by atoms with Crippen LogP contribution in [0.4, 0.5) is 5.69 Å². The summed E-state index contributed by atoms with van der Waals surface area (Å²) in [6.07, 6.45) is 12.7. The van der Waals surface area contributed by atoms with Crippen molar-refractivity contribution in [2.24, 2.45) is 0 Å². The average Bonchev–Trinajstić information content (AvgIpc) is 2.71. The van der Waals surface area contributed by atoms with Crippen molar-refractivity contribution in [3.8, 4) is 0 Å². The molecule has 1 aliphatic heterocycles. The molecule has 0 radical (unpaired) electrons. The van der Waals surface area contributed by atoms with Gasteiger partial charge in [-0.05, 0) is 74.8 Å². The van der Waals surface area contributed by atoms with Gasteiger partial charge in [-0.15, -0.1) is 0 Å². The molecular formula is C22H31N3O. The second-order valence-corrected chi connectivity index (χ2v) is 6.89. The van der Waals surface area contributed by atoms with E-state index in [-0.39, 0.29) is 5.91 Å². The highest BCUT2D eigenvalue weighted by Crippen LogP contribution is 2.21. The molecule has 140 valence electrons. The molecule has 2 rings (SSSR count).